The number of carbonyl (C=O) groups is 2. The van der Waals surface area contributed by atoms with Gasteiger partial charge in [0.2, 0.25) is 11.8 Å². The third-order valence-electron chi connectivity index (χ3n) is 4.64. The molecule has 0 saturated heterocycles. The topological polar surface area (TPSA) is 58.6 Å². The largest absolute Gasteiger partial charge is 0.492 e. The molecule has 0 unspecified atom stereocenters. The van der Waals surface area contributed by atoms with Crippen LogP contribution in [0.15, 0.2) is 42.5 Å². The third kappa shape index (κ3) is 5.35. The van der Waals surface area contributed by atoms with Crippen LogP contribution in [-0.4, -0.2) is 25.0 Å². The Morgan fingerprint density at radius 3 is 2.18 bits per heavy atom. The maximum atomic E-state index is 12.5. The van der Waals surface area contributed by atoms with Crippen LogP contribution in [0.1, 0.15) is 45.2 Å². The van der Waals surface area contributed by atoms with E-state index in [1.807, 2.05) is 49.4 Å². The lowest BCUT2D eigenvalue weighted by Gasteiger charge is -2.26. The number of nitrogens with one attached hydrogen (secondary N) is 1. The molecule has 150 valence electrons. The molecule has 28 heavy (non-hydrogen) atoms. The average molecular weight is 383 g/mol. The molecule has 0 radical (unpaired) electrons. The highest BCUT2D eigenvalue weighted by Crippen LogP contribution is 2.28. The van der Waals surface area contributed by atoms with Crippen molar-refractivity contribution in [1.29, 1.82) is 0 Å². The summed E-state index contributed by atoms with van der Waals surface area (Å²) in [6.45, 7) is 8.47. The summed E-state index contributed by atoms with van der Waals surface area (Å²) in [5.41, 5.74) is 3.84. The Bertz CT molecular complexity index is 795. The molecule has 2 amide bonds. The number of hydrogen-bond donors (Lipinski definition) is 1. The Morgan fingerprint density at radius 1 is 0.964 bits per heavy atom. The lowest BCUT2D eigenvalue weighted by molar-refractivity contribution is -0.117. The van der Waals surface area contributed by atoms with Crippen molar-refractivity contribution in [2.24, 2.45) is 0 Å². The van der Waals surface area contributed by atoms with Gasteiger partial charge in [-0.05, 0) is 43.0 Å². The Morgan fingerprint density at radius 2 is 1.61 bits per heavy atom. The van der Waals surface area contributed by atoms with E-state index in [1.165, 1.54) is 0 Å². The Balaban J connectivity index is 2.15. The number of anilines is 2. The van der Waals surface area contributed by atoms with Gasteiger partial charge in [0.25, 0.3) is 0 Å². The molecular formula is C23H30N2O3. The summed E-state index contributed by atoms with van der Waals surface area (Å²) in [6, 6.07) is 13.5. The first kappa shape index (κ1) is 21.5. The van der Waals surface area contributed by atoms with Crippen molar-refractivity contribution in [2.45, 2.75) is 47.0 Å². The molecule has 0 aromatic heterocycles. The second-order valence-corrected chi connectivity index (χ2v) is 6.53. The fourth-order valence-corrected chi connectivity index (χ4v) is 3.27. The number of para-hydroxylation sites is 3. The van der Waals surface area contributed by atoms with Crippen LogP contribution < -0.4 is 15.0 Å². The lowest BCUT2D eigenvalue weighted by Crippen LogP contribution is -2.33. The molecule has 0 fully saturated rings. The molecule has 0 spiro atoms. The summed E-state index contributed by atoms with van der Waals surface area (Å²) in [5.74, 6) is 0.440. The van der Waals surface area contributed by atoms with Gasteiger partial charge in [-0.1, -0.05) is 44.2 Å². The number of nitrogens with zero attached hydrogens (tertiary/aromatic N) is 1. The molecule has 0 aliphatic heterocycles. The van der Waals surface area contributed by atoms with Gasteiger partial charge < -0.3 is 15.0 Å². The molecule has 0 heterocycles. The monoisotopic (exact) mass is 382 g/mol. The lowest BCUT2D eigenvalue weighted by atomic mass is 10.0. The minimum absolute atomic E-state index is 0.0573. The highest BCUT2D eigenvalue weighted by molar-refractivity contribution is 5.96. The van der Waals surface area contributed by atoms with Crippen LogP contribution in [-0.2, 0) is 22.4 Å². The number of ether oxygens (including phenoxy) is 1. The Kier molecular flexibility index (Phi) is 8.05. The quantitative estimate of drug-likeness (QED) is 0.690. The summed E-state index contributed by atoms with van der Waals surface area (Å²) >= 11 is 0. The Labute approximate surface area is 167 Å². The zero-order chi connectivity index (χ0) is 20.5. The first-order chi connectivity index (χ1) is 13.5. The molecule has 2 aromatic rings. The van der Waals surface area contributed by atoms with Crippen LogP contribution in [0.4, 0.5) is 11.4 Å². The van der Waals surface area contributed by atoms with Crippen molar-refractivity contribution in [3.05, 3.63) is 53.6 Å². The summed E-state index contributed by atoms with van der Waals surface area (Å²) < 4.78 is 5.55. The van der Waals surface area contributed by atoms with Crippen molar-refractivity contribution >= 4 is 23.2 Å². The fraction of sp³-hybridized carbons (Fsp3) is 0.391. The second kappa shape index (κ2) is 10.5. The summed E-state index contributed by atoms with van der Waals surface area (Å²) in [6.07, 6.45) is 1.88. The fourth-order valence-electron chi connectivity index (χ4n) is 3.27. The van der Waals surface area contributed by atoms with Gasteiger partial charge >= 0.3 is 0 Å². The summed E-state index contributed by atoms with van der Waals surface area (Å²) in [5, 5.41) is 2.90. The van der Waals surface area contributed by atoms with Crippen LogP contribution in [0.2, 0.25) is 0 Å². The van der Waals surface area contributed by atoms with Gasteiger partial charge in [0.15, 0.2) is 0 Å². The molecule has 1 N–H and O–H groups in total. The predicted octanol–water partition coefficient (Wildman–Crippen LogP) is 4.59. The smallest absolute Gasteiger partial charge is 0.226 e. The number of rotatable bonds is 9. The van der Waals surface area contributed by atoms with Gasteiger partial charge in [-0.15, -0.1) is 0 Å². The number of carbonyl (C=O) groups excluding carboxylic acids is 2. The van der Waals surface area contributed by atoms with E-state index in [4.69, 9.17) is 4.74 Å². The van der Waals surface area contributed by atoms with E-state index >= 15 is 0 Å². The van der Waals surface area contributed by atoms with E-state index in [9.17, 15) is 9.59 Å². The average Bonchev–Trinajstić information content (AvgIpc) is 2.69. The van der Waals surface area contributed by atoms with E-state index in [1.54, 1.807) is 11.8 Å². The highest BCUT2D eigenvalue weighted by Gasteiger charge is 2.19. The van der Waals surface area contributed by atoms with Gasteiger partial charge in [-0.3, -0.25) is 9.59 Å². The molecule has 2 aromatic carbocycles. The molecular weight excluding hydrogens is 352 g/mol. The minimum Gasteiger partial charge on any atom is -0.492 e. The molecule has 5 nitrogen and oxygen atoms in total. The number of benzene rings is 2. The van der Waals surface area contributed by atoms with E-state index < -0.39 is 0 Å². The molecule has 0 aliphatic rings. The highest BCUT2D eigenvalue weighted by atomic mass is 16.5. The first-order valence-electron chi connectivity index (χ1n) is 9.92. The van der Waals surface area contributed by atoms with Gasteiger partial charge in [-0.25, -0.2) is 0 Å². The van der Waals surface area contributed by atoms with Gasteiger partial charge in [-0.2, -0.15) is 0 Å². The van der Waals surface area contributed by atoms with Crippen molar-refractivity contribution in [1.82, 2.24) is 0 Å². The number of amides is 2. The van der Waals surface area contributed by atoms with Crippen molar-refractivity contribution in [2.75, 3.05) is 23.4 Å². The zero-order valence-electron chi connectivity index (χ0n) is 17.2. The van der Waals surface area contributed by atoms with Gasteiger partial charge in [0.1, 0.15) is 5.75 Å². The zero-order valence-corrected chi connectivity index (χ0v) is 17.2. The second-order valence-electron chi connectivity index (χ2n) is 6.53. The van der Waals surface area contributed by atoms with E-state index in [0.29, 0.717) is 24.6 Å². The number of aryl methyl sites for hydroxylation is 2. The van der Waals surface area contributed by atoms with E-state index in [0.717, 1.165) is 29.7 Å². The standard InChI is InChI=1S/C23H30N2O3/c1-5-18-11-10-12-19(6-2)23(18)25(17(4)26)16-15-22(27)24-20-13-8-9-14-21(20)28-7-3/h8-14H,5-7,15-16H2,1-4H3,(H,24,27). The summed E-state index contributed by atoms with van der Waals surface area (Å²) in [4.78, 5) is 26.6. The molecule has 0 atom stereocenters. The van der Waals surface area contributed by atoms with Crippen LogP contribution in [0.25, 0.3) is 0 Å². The molecule has 5 heteroatoms. The molecule has 0 bridgehead atoms. The van der Waals surface area contributed by atoms with Gasteiger partial charge in [0, 0.05) is 25.6 Å². The summed E-state index contributed by atoms with van der Waals surface area (Å²) in [7, 11) is 0. The van der Waals surface area contributed by atoms with Crippen molar-refractivity contribution < 1.29 is 14.3 Å². The maximum Gasteiger partial charge on any atom is 0.226 e. The maximum absolute atomic E-state index is 12.5. The SMILES string of the molecule is CCOc1ccccc1NC(=O)CCN(C(C)=O)c1c(CC)cccc1CC. The molecule has 2 rings (SSSR count). The van der Waals surface area contributed by atoms with E-state index in [2.05, 4.69) is 19.2 Å². The minimum atomic E-state index is -0.148. The van der Waals surface area contributed by atoms with Gasteiger partial charge in [0.05, 0.1) is 12.3 Å². The molecule has 0 aliphatic carbocycles. The van der Waals surface area contributed by atoms with Crippen molar-refractivity contribution in [3.8, 4) is 5.75 Å². The van der Waals surface area contributed by atoms with Crippen molar-refractivity contribution in [3.63, 3.8) is 0 Å². The molecule has 0 saturated carbocycles. The first-order valence-corrected chi connectivity index (χ1v) is 9.92. The normalized spacial score (nSPS) is 10.4. The van der Waals surface area contributed by atoms with Crippen LogP contribution in [0, 0.1) is 0 Å². The van der Waals surface area contributed by atoms with Crippen LogP contribution in [0.5, 0.6) is 5.75 Å². The third-order valence-corrected chi connectivity index (χ3v) is 4.64. The number of hydrogen-bond acceptors (Lipinski definition) is 3. The Hall–Kier alpha value is -2.82. The van der Waals surface area contributed by atoms with E-state index in [-0.39, 0.29) is 18.2 Å². The predicted molar refractivity (Wildman–Crippen MR) is 114 cm³/mol. The van der Waals surface area contributed by atoms with Crippen LogP contribution >= 0.6 is 0 Å². The van der Waals surface area contributed by atoms with Crippen LogP contribution in [0.3, 0.4) is 0 Å².